The number of hydrogen-bond acceptors (Lipinski definition) is 3. The third-order valence-corrected chi connectivity index (χ3v) is 2.94. The number of fused-ring (bicyclic) bond motifs is 1. The first-order valence-corrected chi connectivity index (χ1v) is 5.73. The minimum Gasteiger partial charge on any atom is -0.378 e. The number of aromatic nitrogens is 3. The highest BCUT2D eigenvalue weighted by atomic mass is 15.1. The Morgan fingerprint density at radius 3 is 2.61 bits per heavy atom. The standard InChI is InChI=1S/C14H13N4/c1-18(2)12-5-3-10(4-6-12)11-7-13-14(15-8-11)17-9-16-13/h3-8H,1-2H3,(H,15,16,17). The lowest BCUT2D eigenvalue weighted by Gasteiger charge is -2.12. The van der Waals surface area contributed by atoms with Crippen molar-refractivity contribution < 1.29 is 0 Å². The molecule has 1 aromatic carbocycles. The molecule has 3 aromatic rings. The van der Waals surface area contributed by atoms with E-state index in [-0.39, 0.29) is 0 Å². The number of nitrogens with zero attached hydrogens (tertiary/aromatic N) is 3. The lowest BCUT2D eigenvalue weighted by Crippen LogP contribution is -2.07. The first-order valence-electron chi connectivity index (χ1n) is 5.73. The van der Waals surface area contributed by atoms with Crippen molar-refractivity contribution in [3.05, 3.63) is 42.9 Å². The van der Waals surface area contributed by atoms with Crippen LogP contribution in [0.15, 0.2) is 36.5 Å². The van der Waals surface area contributed by atoms with Crippen molar-refractivity contribution in [3.8, 4) is 11.1 Å². The number of aromatic amines is 1. The summed E-state index contributed by atoms with van der Waals surface area (Å²) >= 11 is 0. The number of nitrogens with one attached hydrogen (secondary N) is 1. The lowest BCUT2D eigenvalue weighted by atomic mass is 10.1. The third kappa shape index (κ3) is 1.82. The summed E-state index contributed by atoms with van der Waals surface area (Å²) in [6, 6.07) is 10.4. The van der Waals surface area contributed by atoms with Gasteiger partial charge in [-0.2, -0.15) is 0 Å². The van der Waals surface area contributed by atoms with Crippen molar-refractivity contribution in [2.75, 3.05) is 19.0 Å². The van der Waals surface area contributed by atoms with E-state index in [1.165, 1.54) is 5.69 Å². The van der Waals surface area contributed by atoms with Gasteiger partial charge in [-0.05, 0) is 23.8 Å². The largest absolute Gasteiger partial charge is 0.378 e. The van der Waals surface area contributed by atoms with Crippen molar-refractivity contribution in [2.45, 2.75) is 0 Å². The Bertz CT molecular complexity index is 668. The summed E-state index contributed by atoms with van der Waals surface area (Å²) < 4.78 is 0. The summed E-state index contributed by atoms with van der Waals surface area (Å²) in [5, 5.41) is 0. The van der Waals surface area contributed by atoms with Gasteiger partial charge in [0.25, 0.3) is 0 Å². The average molecular weight is 237 g/mol. The lowest BCUT2D eigenvalue weighted by molar-refractivity contribution is 1.13. The van der Waals surface area contributed by atoms with E-state index in [1.54, 1.807) is 0 Å². The minimum absolute atomic E-state index is 0.767. The quantitative estimate of drug-likeness (QED) is 0.744. The van der Waals surface area contributed by atoms with Crippen LogP contribution in [0.4, 0.5) is 5.69 Å². The molecule has 0 bridgehead atoms. The van der Waals surface area contributed by atoms with Crippen LogP contribution in [0.2, 0.25) is 0 Å². The molecule has 0 atom stereocenters. The number of benzene rings is 1. The normalized spacial score (nSPS) is 10.8. The third-order valence-electron chi connectivity index (χ3n) is 2.94. The Hall–Kier alpha value is -2.36. The first-order chi connectivity index (χ1) is 8.74. The van der Waals surface area contributed by atoms with E-state index in [1.807, 2.05) is 26.4 Å². The highest BCUT2D eigenvalue weighted by molar-refractivity contribution is 5.77. The number of H-pyrrole nitrogens is 1. The second-order valence-corrected chi connectivity index (χ2v) is 4.38. The van der Waals surface area contributed by atoms with Gasteiger partial charge < -0.3 is 9.88 Å². The summed E-state index contributed by atoms with van der Waals surface area (Å²) in [7, 11) is 4.06. The van der Waals surface area contributed by atoms with Crippen LogP contribution in [0.5, 0.6) is 0 Å². The Kier molecular flexibility index (Phi) is 2.48. The Labute approximate surface area is 105 Å². The monoisotopic (exact) mass is 237 g/mol. The van der Waals surface area contributed by atoms with Crippen molar-refractivity contribution in [3.63, 3.8) is 0 Å². The highest BCUT2D eigenvalue weighted by Crippen LogP contribution is 2.23. The smallest absolute Gasteiger partial charge is 0.175 e. The van der Waals surface area contributed by atoms with E-state index in [4.69, 9.17) is 0 Å². The fourth-order valence-corrected chi connectivity index (χ4v) is 1.89. The van der Waals surface area contributed by atoms with Gasteiger partial charge in [-0.15, -0.1) is 0 Å². The van der Waals surface area contributed by atoms with E-state index in [0.717, 1.165) is 22.3 Å². The molecule has 0 amide bonds. The molecule has 0 aliphatic heterocycles. The van der Waals surface area contributed by atoms with Gasteiger partial charge in [-0.3, -0.25) is 0 Å². The molecule has 2 aromatic heterocycles. The maximum absolute atomic E-state index is 4.32. The molecule has 0 unspecified atom stereocenters. The number of anilines is 1. The molecule has 3 rings (SSSR count). The van der Waals surface area contributed by atoms with Crippen LogP contribution in [-0.2, 0) is 0 Å². The molecule has 2 heterocycles. The van der Waals surface area contributed by atoms with Crippen LogP contribution in [0.3, 0.4) is 0 Å². The number of hydrogen-bond donors (Lipinski definition) is 1. The average Bonchev–Trinajstić information content (AvgIpc) is 2.86. The van der Waals surface area contributed by atoms with Gasteiger partial charge >= 0.3 is 0 Å². The van der Waals surface area contributed by atoms with Gasteiger partial charge in [-0.1, -0.05) is 12.1 Å². The molecule has 0 fully saturated rings. The minimum atomic E-state index is 0.767. The van der Waals surface area contributed by atoms with E-state index in [0.29, 0.717) is 0 Å². The van der Waals surface area contributed by atoms with Crippen LogP contribution >= 0.6 is 0 Å². The predicted octanol–water partition coefficient (Wildman–Crippen LogP) is 2.49. The summed E-state index contributed by atoms with van der Waals surface area (Å²) in [6.07, 6.45) is 4.54. The van der Waals surface area contributed by atoms with Crippen molar-refractivity contribution in [2.24, 2.45) is 0 Å². The number of rotatable bonds is 2. The molecule has 0 saturated carbocycles. The first kappa shape index (κ1) is 10.8. The number of pyridine rings is 1. The van der Waals surface area contributed by atoms with Crippen molar-refractivity contribution >= 4 is 16.9 Å². The maximum Gasteiger partial charge on any atom is 0.175 e. The Balaban J connectivity index is 2.02. The van der Waals surface area contributed by atoms with Crippen LogP contribution in [-0.4, -0.2) is 29.0 Å². The predicted molar refractivity (Wildman–Crippen MR) is 72.5 cm³/mol. The summed E-state index contributed by atoms with van der Waals surface area (Å²) in [5.74, 6) is 0. The molecule has 0 spiro atoms. The second kappa shape index (κ2) is 4.14. The fraction of sp³-hybridized carbons (Fsp3) is 0.143. The highest BCUT2D eigenvalue weighted by Gasteiger charge is 2.03. The SMILES string of the molecule is CN(C)c1ccc(-c2cnc3[nH][c]nc3c2)cc1. The second-order valence-electron chi connectivity index (χ2n) is 4.38. The van der Waals surface area contributed by atoms with Crippen LogP contribution in [0.25, 0.3) is 22.3 Å². The summed E-state index contributed by atoms with van der Waals surface area (Å²) in [6.45, 7) is 0. The van der Waals surface area contributed by atoms with Gasteiger partial charge in [0.15, 0.2) is 12.0 Å². The molecular weight excluding hydrogens is 224 g/mol. The molecule has 4 nitrogen and oxygen atoms in total. The molecule has 1 N–H and O–H groups in total. The number of imidazole rings is 1. The molecule has 18 heavy (non-hydrogen) atoms. The topological polar surface area (TPSA) is 44.8 Å². The molecule has 1 radical (unpaired) electrons. The van der Waals surface area contributed by atoms with E-state index in [2.05, 4.69) is 50.4 Å². The fourth-order valence-electron chi connectivity index (χ4n) is 1.89. The molecule has 0 aliphatic carbocycles. The molecule has 0 saturated heterocycles. The van der Waals surface area contributed by atoms with Crippen LogP contribution in [0.1, 0.15) is 0 Å². The Morgan fingerprint density at radius 2 is 1.89 bits per heavy atom. The van der Waals surface area contributed by atoms with E-state index < -0.39 is 0 Å². The summed E-state index contributed by atoms with van der Waals surface area (Å²) in [4.78, 5) is 13.4. The van der Waals surface area contributed by atoms with Gasteiger partial charge in [0.1, 0.15) is 5.52 Å². The van der Waals surface area contributed by atoms with Crippen molar-refractivity contribution in [1.82, 2.24) is 15.0 Å². The van der Waals surface area contributed by atoms with Gasteiger partial charge in [0, 0.05) is 31.5 Å². The van der Waals surface area contributed by atoms with Gasteiger partial charge in [0.2, 0.25) is 0 Å². The van der Waals surface area contributed by atoms with Crippen molar-refractivity contribution in [1.29, 1.82) is 0 Å². The zero-order valence-electron chi connectivity index (χ0n) is 10.3. The molecular formula is C14H13N4. The molecule has 4 heteroatoms. The zero-order valence-corrected chi connectivity index (χ0v) is 10.3. The Morgan fingerprint density at radius 1 is 1.11 bits per heavy atom. The summed E-state index contributed by atoms with van der Waals surface area (Å²) in [5.41, 5.74) is 4.99. The van der Waals surface area contributed by atoms with Gasteiger partial charge in [0.05, 0.1) is 0 Å². The van der Waals surface area contributed by atoms with E-state index >= 15 is 0 Å². The van der Waals surface area contributed by atoms with Crippen LogP contribution in [0, 0.1) is 6.33 Å². The van der Waals surface area contributed by atoms with Gasteiger partial charge in [-0.25, -0.2) is 9.97 Å². The zero-order chi connectivity index (χ0) is 12.5. The molecule has 0 aliphatic rings. The molecule has 89 valence electrons. The van der Waals surface area contributed by atoms with Crippen LogP contribution < -0.4 is 4.90 Å². The maximum atomic E-state index is 4.32. The van der Waals surface area contributed by atoms with E-state index in [9.17, 15) is 0 Å².